The number of ether oxygens (including phenoxy) is 1. The molecule has 0 spiro atoms. The highest BCUT2D eigenvalue weighted by molar-refractivity contribution is 5.58. The number of aryl methyl sites for hydroxylation is 2. The van der Waals surface area contributed by atoms with Gasteiger partial charge in [0.15, 0.2) is 0 Å². The van der Waals surface area contributed by atoms with E-state index in [9.17, 15) is 0 Å². The van der Waals surface area contributed by atoms with Crippen molar-refractivity contribution in [3.63, 3.8) is 0 Å². The molecular formula is C18H21NO. The molecule has 20 heavy (non-hydrogen) atoms. The van der Waals surface area contributed by atoms with Crippen LogP contribution in [-0.4, -0.2) is 6.61 Å². The zero-order valence-electron chi connectivity index (χ0n) is 12.1. The fourth-order valence-corrected chi connectivity index (χ4v) is 2.93. The normalized spacial score (nSPS) is 16.8. The number of fused-ring (bicyclic) bond motifs is 1. The number of benzene rings is 2. The van der Waals surface area contributed by atoms with Crippen LogP contribution in [0, 0.1) is 6.92 Å². The molecule has 0 radical (unpaired) electrons. The first kappa shape index (κ1) is 13.0. The Bertz CT molecular complexity index is 606. The lowest BCUT2D eigenvalue weighted by molar-refractivity contribution is 0.341. The highest BCUT2D eigenvalue weighted by Gasteiger charge is 2.22. The molecule has 104 valence electrons. The summed E-state index contributed by atoms with van der Waals surface area (Å²) in [5.74, 6) is 0.941. The summed E-state index contributed by atoms with van der Waals surface area (Å²) in [5.41, 5.74) is 5.34. The molecule has 1 atom stereocenters. The Hall–Kier alpha value is -1.96. The van der Waals surface area contributed by atoms with Gasteiger partial charge in [-0.15, -0.1) is 0 Å². The highest BCUT2D eigenvalue weighted by atomic mass is 16.5. The van der Waals surface area contributed by atoms with Crippen LogP contribution in [0.5, 0.6) is 5.75 Å². The van der Waals surface area contributed by atoms with Crippen LogP contribution in [0.4, 0.5) is 5.69 Å². The molecule has 2 nitrogen and oxygen atoms in total. The standard InChI is InChI=1S/C18H21NO/c1-3-20-18-7-5-4-6-17(18)19-16-11-10-14-9-8-13(2)12-15(14)16/h4-9,12,16,19H,3,10-11H2,1-2H3. The zero-order chi connectivity index (χ0) is 13.9. The number of para-hydroxylation sites is 2. The van der Waals surface area contributed by atoms with Crippen LogP contribution in [0.2, 0.25) is 0 Å². The fraction of sp³-hybridized carbons (Fsp3) is 0.333. The van der Waals surface area contributed by atoms with Crippen LogP contribution >= 0.6 is 0 Å². The molecule has 0 amide bonds. The van der Waals surface area contributed by atoms with Crippen LogP contribution in [0.1, 0.15) is 36.1 Å². The van der Waals surface area contributed by atoms with Crippen molar-refractivity contribution in [2.75, 3.05) is 11.9 Å². The summed E-state index contributed by atoms with van der Waals surface area (Å²) in [7, 11) is 0. The van der Waals surface area contributed by atoms with E-state index in [2.05, 4.69) is 42.6 Å². The van der Waals surface area contributed by atoms with Gasteiger partial charge in [0.05, 0.1) is 18.3 Å². The molecular weight excluding hydrogens is 246 g/mol. The maximum absolute atomic E-state index is 5.70. The van der Waals surface area contributed by atoms with Gasteiger partial charge in [0.1, 0.15) is 5.75 Å². The van der Waals surface area contributed by atoms with Gasteiger partial charge in [0, 0.05) is 0 Å². The monoisotopic (exact) mass is 267 g/mol. The summed E-state index contributed by atoms with van der Waals surface area (Å²) in [6, 6.07) is 15.4. The van der Waals surface area contributed by atoms with Crippen LogP contribution in [0.25, 0.3) is 0 Å². The second kappa shape index (κ2) is 5.58. The van der Waals surface area contributed by atoms with Gasteiger partial charge in [-0.1, -0.05) is 35.9 Å². The number of hydrogen-bond donors (Lipinski definition) is 1. The molecule has 1 unspecified atom stereocenters. The third-order valence-corrected chi connectivity index (χ3v) is 3.90. The molecule has 1 aliphatic carbocycles. The quantitative estimate of drug-likeness (QED) is 0.881. The van der Waals surface area contributed by atoms with Crippen molar-refractivity contribution < 1.29 is 4.74 Å². The minimum Gasteiger partial charge on any atom is -0.492 e. The Morgan fingerprint density at radius 1 is 1.20 bits per heavy atom. The summed E-state index contributed by atoms with van der Waals surface area (Å²) in [5, 5.41) is 3.65. The zero-order valence-corrected chi connectivity index (χ0v) is 12.1. The lowest BCUT2D eigenvalue weighted by Gasteiger charge is -2.18. The molecule has 1 N–H and O–H groups in total. The molecule has 0 bridgehead atoms. The Kier molecular flexibility index (Phi) is 3.64. The summed E-state index contributed by atoms with van der Waals surface area (Å²) < 4.78 is 5.70. The first-order chi connectivity index (χ1) is 9.78. The van der Waals surface area contributed by atoms with Crippen LogP contribution in [0.3, 0.4) is 0 Å². The predicted octanol–water partition coefficient (Wildman–Crippen LogP) is 4.49. The summed E-state index contributed by atoms with van der Waals surface area (Å²) in [4.78, 5) is 0. The topological polar surface area (TPSA) is 21.3 Å². The highest BCUT2D eigenvalue weighted by Crippen LogP contribution is 2.36. The van der Waals surface area contributed by atoms with Gasteiger partial charge >= 0.3 is 0 Å². The van der Waals surface area contributed by atoms with E-state index in [1.165, 1.54) is 16.7 Å². The molecule has 0 heterocycles. The lowest BCUT2D eigenvalue weighted by Crippen LogP contribution is -2.08. The van der Waals surface area contributed by atoms with Crippen LogP contribution < -0.4 is 10.1 Å². The first-order valence-electron chi connectivity index (χ1n) is 7.35. The Morgan fingerprint density at radius 3 is 2.90 bits per heavy atom. The van der Waals surface area contributed by atoms with Gasteiger partial charge in [0.25, 0.3) is 0 Å². The molecule has 2 heteroatoms. The van der Waals surface area contributed by atoms with Crippen molar-refractivity contribution in [1.29, 1.82) is 0 Å². The van der Waals surface area contributed by atoms with E-state index in [4.69, 9.17) is 4.74 Å². The average Bonchev–Trinajstić information content (AvgIpc) is 2.84. The maximum Gasteiger partial charge on any atom is 0.142 e. The third-order valence-electron chi connectivity index (χ3n) is 3.90. The summed E-state index contributed by atoms with van der Waals surface area (Å²) >= 11 is 0. The summed E-state index contributed by atoms with van der Waals surface area (Å²) in [6.45, 7) is 4.87. The van der Waals surface area contributed by atoms with E-state index in [0.29, 0.717) is 12.6 Å². The van der Waals surface area contributed by atoms with Crippen molar-refractivity contribution in [2.45, 2.75) is 32.7 Å². The van der Waals surface area contributed by atoms with Crippen molar-refractivity contribution in [3.8, 4) is 5.75 Å². The Morgan fingerprint density at radius 2 is 2.05 bits per heavy atom. The van der Waals surface area contributed by atoms with Crippen molar-refractivity contribution in [3.05, 3.63) is 59.2 Å². The van der Waals surface area contributed by atoms with Gasteiger partial charge < -0.3 is 10.1 Å². The molecule has 0 saturated carbocycles. The molecule has 1 aliphatic rings. The molecule has 0 fully saturated rings. The predicted molar refractivity (Wildman–Crippen MR) is 83.5 cm³/mol. The largest absolute Gasteiger partial charge is 0.492 e. The van der Waals surface area contributed by atoms with Gasteiger partial charge in [-0.05, 0) is 49.9 Å². The van der Waals surface area contributed by atoms with Gasteiger partial charge in [-0.2, -0.15) is 0 Å². The van der Waals surface area contributed by atoms with E-state index in [-0.39, 0.29) is 0 Å². The van der Waals surface area contributed by atoms with Crippen molar-refractivity contribution in [1.82, 2.24) is 0 Å². The minimum absolute atomic E-state index is 0.395. The van der Waals surface area contributed by atoms with Crippen molar-refractivity contribution in [2.24, 2.45) is 0 Å². The van der Waals surface area contributed by atoms with Gasteiger partial charge in [-0.3, -0.25) is 0 Å². The lowest BCUT2D eigenvalue weighted by atomic mass is 10.0. The first-order valence-corrected chi connectivity index (χ1v) is 7.35. The van der Waals surface area contributed by atoms with Gasteiger partial charge in [0.2, 0.25) is 0 Å². The molecule has 0 saturated heterocycles. The van der Waals surface area contributed by atoms with E-state index < -0.39 is 0 Å². The van der Waals surface area contributed by atoms with Crippen LogP contribution in [0.15, 0.2) is 42.5 Å². The Labute approximate surface area is 120 Å². The number of hydrogen-bond acceptors (Lipinski definition) is 2. The van der Waals surface area contributed by atoms with Crippen LogP contribution in [-0.2, 0) is 6.42 Å². The van der Waals surface area contributed by atoms with E-state index in [1.54, 1.807) is 0 Å². The smallest absolute Gasteiger partial charge is 0.142 e. The molecule has 0 aromatic heterocycles. The minimum atomic E-state index is 0.395. The second-order valence-electron chi connectivity index (χ2n) is 5.37. The van der Waals surface area contributed by atoms with E-state index in [0.717, 1.165) is 24.3 Å². The van der Waals surface area contributed by atoms with Gasteiger partial charge in [-0.25, -0.2) is 0 Å². The average molecular weight is 267 g/mol. The fourth-order valence-electron chi connectivity index (χ4n) is 2.93. The molecule has 3 rings (SSSR count). The number of anilines is 1. The number of rotatable bonds is 4. The third kappa shape index (κ3) is 2.51. The number of nitrogens with one attached hydrogen (secondary N) is 1. The molecule has 0 aliphatic heterocycles. The van der Waals surface area contributed by atoms with E-state index >= 15 is 0 Å². The second-order valence-corrected chi connectivity index (χ2v) is 5.37. The molecule has 2 aromatic carbocycles. The van der Waals surface area contributed by atoms with E-state index in [1.807, 2.05) is 19.1 Å². The SMILES string of the molecule is CCOc1ccccc1NC1CCc2ccc(C)cc21. The molecule has 2 aromatic rings. The van der Waals surface area contributed by atoms with Crippen molar-refractivity contribution >= 4 is 5.69 Å². The Balaban J connectivity index is 1.85. The maximum atomic E-state index is 5.70. The summed E-state index contributed by atoms with van der Waals surface area (Å²) in [6.07, 6.45) is 2.31.